The Morgan fingerprint density at radius 1 is 1.08 bits per heavy atom. The van der Waals surface area contributed by atoms with Crippen LogP contribution in [0, 0.1) is 5.92 Å². The molecule has 1 aromatic carbocycles. The van der Waals surface area contributed by atoms with Crippen molar-refractivity contribution in [1.82, 2.24) is 4.90 Å². The molecule has 1 saturated heterocycles. The fraction of sp³-hybridized carbons (Fsp3) is 0.650. The molecule has 2 N–H and O–H groups in total. The number of hydrogen-bond acceptors (Lipinski definition) is 3. The minimum atomic E-state index is 0.137. The SMILES string of the molecule is NCCCCC1CCN(C(=O)c2ccc(N(CCCl)CCCl)cc2)CC1. The quantitative estimate of drug-likeness (QED) is 0.478. The van der Waals surface area contributed by atoms with Gasteiger partial charge in [0, 0.05) is 49.2 Å². The van der Waals surface area contributed by atoms with E-state index in [9.17, 15) is 4.79 Å². The number of alkyl halides is 2. The average molecular weight is 400 g/mol. The van der Waals surface area contributed by atoms with Crippen LogP contribution in [0.2, 0.25) is 0 Å². The van der Waals surface area contributed by atoms with Crippen LogP contribution in [0.15, 0.2) is 24.3 Å². The number of unbranched alkanes of at least 4 members (excludes halogenated alkanes) is 1. The highest BCUT2D eigenvalue weighted by atomic mass is 35.5. The highest BCUT2D eigenvalue weighted by molar-refractivity contribution is 6.18. The maximum absolute atomic E-state index is 12.8. The number of carbonyl (C=O) groups is 1. The van der Waals surface area contributed by atoms with Crippen LogP contribution in [0.3, 0.4) is 0 Å². The average Bonchev–Trinajstić information content (AvgIpc) is 2.68. The molecule has 1 aliphatic rings. The van der Waals surface area contributed by atoms with E-state index in [0.717, 1.165) is 69.2 Å². The molecule has 0 spiro atoms. The van der Waals surface area contributed by atoms with E-state index in [1.807, 2.05) is 29.2 Å². The monoisotopic (exact) mass is 399 g/mol. The summed E-state index contributed by atoms with van der Waals surface area (Å²) in [5, 5.41) is 0. The third kappa shape index (κ3) is 6.33. The molecule has 1 aromatic rings. The largest absolute Gasteiger partial charge is 0.369 e. The maximum atomic E-state index is 12.8. The van der Waals surface area contributed by atoms with Crippen molar-refractivity contribution in [2.24, 2.45) is 11.7 Å². The van der Waals surface area contributed by atoms with Gasteiger partial charge in [0.2, 0.25) is 0 Å². The molecule has 0 radical (unpaired) electrons. The Hall–Kier alpha value is -0.970. The Kier molecular flexibility index (Phi) is 9.58. The molecule has 0 unspecified atom stereocenters. The Bertz CT molecular complexity index is 524. The molecule has 146 valence electrons. The Morgan fingerprint density at radius 2 is 1.69 bits per heavy atom. The molecule has 1 aliphatic heterocycles. The van der Waals surface area contributed by atoms with Gasteiger partial charge in [0.1, 0.15) is 0 Å². The van der Waals surface area contributed by atoms with Gasteiger partial charge in [0.05, 0.1) is 0 Å². The van der Waals surface area contributed by atoms with Gasteiger partial charge in [-0.2, -0.15) is 0 Å². The predicted octanol–water partition coefficient (Wildman–Crippen LogP) is 3.95. The summed E-state index contributed by atoms with van der Waals surface area (Å²) in [5.41, 5.74) is 7.38. The first-order valence-electron chi connectivity index (χ1n) is 9.66. The van der Waals surface area contributed by atoms with Gasteiger partial charge in [-0.1, -0.05) is 12.8 Å². The number of anilines is 1. The third-order valence-electron chi connectivity index (χ3n) is 5.16. The van der Waals surface area contributed by atoms with Crippen molar-refractivity contribution in [3.8, 4) is 0 Å². The van der Waals surface area contributed by atoms with Crippen LogP contribution in [-0.4, -0.2) is 55.3 Å². The molecule has 1 amide bonds. The van der Waals surface area contributed by atoms with Gasteiger partial charge in [-0.25, -0.2) is 0 Å². The van der Waals surface area contributed by atoms with Gasteiger partial charge in [-0.15, -0.1) is 23.2 Å². The smallest absolute Gasteiger partial charge is 0.253 e. The fourth-order valence-corrected chi connectivity index (χ4v) is 3.98. The molecule has 0 atom stereocenters. The predicted molar refractivity (Wildman–Crippen MR) is 112 cm³/mol. The summed E-state index contributed by atoms with van der Waals surface area (Å²) in [6, 6.07) is 7.82. The Morgan fingerprint density at radius 3 is 2.23 bits per heavy atom. The summed E-state index contributed by atoms with van der Waals surface area (Å²) in [7, 11) is 0. The summed E-state index contributed by atoms with van der Waals surface area (Å²) in [4.78, 5) is 16.9. The van der Waals surface area contributed by atoms with Crippen LogP contribution in [-0.2, 0) is 0 Å². The first kappa shape index (κ1) is 21.3. The standard InChI is InChI=1S/C20H31Cl2N3O/c21-10-15-24(16-11-22)19-6-4-18(5-7-19)20(26)25-13-8-17(9-14-25)3-1-2-12-23/h4-7,17H,1-3,8-16,23H2. The molecule has 6 heteroatoms. The number of benzene rings is 1. The number of nitrogens with zero attached hydrogens (tertiary/aromatic N) is 2. The van der Waals surface area contributed by atoms with E-state index in [1.165, 1.54) is 12.8 Å². The minimum Gasteiger partial charge on any atom is -0.369 e. The van der Waals surface area contributed by atoms with Crippen LogP contribution in [0.4, 0.5) is 5.69 Å². The number of carbonyl (C=O) groups excluding carboxylic acids is 1. The van der Waals surface area contributed by atoms with Crippen molar-refractivity contribution in [3.05, 3.63) is 29.8 Å². The molecular formula is C20H31Cl2N3O. The van der Waals surface area contributed by atoms with E-state index in [-0.39, 0.29) is 5.91 Å². The van der Waals surface area contributed by atoms with Crippen molar-refractivity contribution in [1.29, 1.82) is 0 Å². The number of hydrogen-bond donors (Lipinski definition) is 1. The molecule has 0 aromatic heterocycles. The number of likely N-dealkylation sites (tertiary alicyclic amines) is 1. The van der Waals surface area contributed by atoms with Crippen LogP contribution in [0.1, 0.15) is 42.5 Å². The van der Waals surface area contributed by atoms with Crippen LogP contribution < -0.4 is 10.6 Å². The second-order valence-corrected chi connectivity index (χ2v) is 7.69. The highest BCUT2D eigenvalue weighted by Gasteiger charge is 2.23. The molecule has 26 heavy (non-hydrogen) atoms. The molecule has 1 heterocycles. The number of nitrogens with two attached hydrogens (primary N) is 1. The van der Waals surface area contributed by atoms with E-state index < -0.39 is 0 Å². The van der Waals surface area contributed by atoms with Crippen LogP contribution in [0.5, 0.6) is 0 Å². The Labute approximate surface area is 167 Å². The van der Waals surface area contributed by atoms with Gasteiger partial charge in [-0.3, -0.25) is 4.79 Å². The third-order valence-corrected chi connectivity index (χ3v) is 5.49. The van der Waals surface area contributed by atoms with Gasteiger partial charge in [-0.05, 0) is 56.0 Å². The molecule has 2 rings (SSSR count). The second-order valence-electron chi connectivity index (χ2n) is 6.93. The van der Waals surface area contributed by atoms with E-state index in [0.29, 0.717) is 11.8 Å². The number of amides is 1. The van der Waals surface area contributed by atoms with Gasteiger partial charge in [0.15, 0.2) is 0 Å². The normalized spacial score (nSPS) is 15.3. The number of rotatable bonds is 10. The number of piperidine rings is 1. The zero-order valence-corrected chi connectivity index (χ0v) is 17.0. The van der Waals surface area contributed by atoms with Crippen LogP contribution >= 0.6 is 23.2 Å². The van der Waals surface area contributed by atoms with Gasteiger partial charge < -0.3 is 15.5 Å². The lowest BCUT2D eigenvalue weighted by Gasteiger charge is -2.32. The van der Waals surface area contributed by atoms with Crippen molar-refractivity contribution in [2.45, 2.75) is 32.1 Å². The zero-order valence-electron chi connectivity index (χ0n) is 15.5. The molecule has 0 saturated carbocycles. The number of halogens is 2. The fourth-order valence-electron chi connectivity index (χ4n) is 3.57. The van der Waals surface area contributed by atoms with E-state index in [4.69, 9.17) is 28.9 Å². The summed E-state index contributed by atoms with van der Waals surface area (Å²) in [6.45, 7) is 4.00. The van der Waals surface area contributed by atoms with E-state index in [2.05, 4.69) is 4.90 Å². The zero-order chi connectivity index (χ0) is 18.8. The van der Waals surface area contributed by atoms with Crippen molar-refractivity contribution < 1.29 is 4.79 Å². The topological polar surface area (TPSA) is 49.6 Å². The maximum Gasteiger partial charge on any atom is 0.253 e. The summed E-state index contributed by atoms with van der Waals surface area (Å²) in [6.07, 6.45) is 5.76. The summed E-state index contributed by atoms with van der Waals surface area (Å²) >= 11 is 11.7. The molecule has 4 nitrogen and oxygen atoms in total. The summed E-state index contributed by atoms with van der Waals surface area (Å²) < 4.78 is 0. The Balaban J connectivity index is 1.88. The lowest BCUT2D eigenvalue weighted by molar-refractivity contribution is 0.0686. The van der Waals surface area contributed by atoms with Crippen molar-refractivity contribution in [3.63, 3.8) is 0 Å². The highest BCUT2D eigenvalue weighted by Crippen LogP contribution is 2.24. The molecular weight excluding hydrogens is 369 g/mol. The molecule has 1 fully saturated rings. The first-order chi connectivity index (χ1) is 12.7. The molecule has 0 aliphatic carbocycles. The summed E-state index contributed by atoms with van der Waals surface area (Å²) in [5.74, 6) is 1.99. The second kappa shape index (κ2) is 11.7. The minimum absolute atomic E-state index is 0.137. The molecule has 0 bridgehead atoms. The van der Waals surface area contributed by atoms with Gasteiger partial charge >= 0.3 is 0 Å². The van der Waals surface area contributed by atoms with E-state index in [1.54, 1.807) is 0 Å². The van der Waals surface area contributed by atoms with E-state index >= 15 is 0 Å². The first-order valence-corrected chi connectivity index (χ1v) is 10.7. The van der Waals surface area contributed by atoms with Crippen molar-refractivity contribution >= 4 is 34.8 Å². The van der Waals surface area contributed by atoms with Crippen molar-refractivity contribution in [2.75, 3.05) is 49.4 Å². The lowest BCUT2D eigenvalue weighted by atomic mass is 9.91. The van der Waals surface area contributed by atoms with Crippen LogP contribution in [0.25, 0.3) is 0 Å². The van der Waals surface area contributed by atoms with Gasteiger partial charge in [0.25, 0.3) is 5.91 Å². The lowest BCUT2D eigenvalue weighted by Crippen LogP contribution is -2.38.